The molecule has 0 atom stereocenters. The lowest BCUT2D eigenvalue weighted by molar-refractivity contribution is 0.289. The van der Waals surface area contributed by atoms with Crippen LogP contribution in [0.15, 0.2) is 42.5 Å². The molecule has 2 aromatic carbocycles. The zero-order chi connectivity index (χ0) is 12.5. The van der Waals surface area contributed by atoms with Crippen molar-refractivity contribution in [3.8, 4) is 5.75 Å². The maximum Gasteiger partial charge on any atom is 0.161 e. The van der Waals surface area contributed by atoms with Gasteiger partial charge in [-0.3, -0.25) is 0 Å². The predicted molar refractivity (Wildman–Crippen MR) is 74.0 cm³/mol. The number of anilines is 1. The molecular weight excluding hydrogens is 222 g/mol. The van der Waals surface area contributed by atoms with Gasteiger partial charge in [-0.25, -0.2) is 0 Å². The van der Waals surface area contributed by atoms with Gasteiger partial charge in [-0.1, -0.05) is 35.9 Å². The molecule has 0 saturated carbocycles. The molecule has 2 nitrogen and oxygen atoms in total. The number of hydrogen-bond donors (Lipinski definition) is 0. The van der Waals surface area contributed by atoms with E-state index in [-0.39, 0.29) is 0 Å². The summed E-state index contributed by atoms with van der Waals surface area (Å²) in [4.78, 5) is 2.27. The molecule has 0 fully saturated rings. The Kier molecular flexibility index (Phi) is 2.71. The summed E-state index contributed by atoms with van der Waals surface area (Å²) in [6.45, 7) is 5.82. The van der Waals surface area contributed by atoms with Crippen LogP contribution in [-0.4, -0.2) is 6.73 Å². The molecule has 0 aromatic heterocycles. The second kappa shape index (κ2) is 4.37. The fraction of sp³-hybridized carbons (Fsp3) is 0.250. The minimum absolute atomic E-state index is 0.626. The minimum Gasteiger partial charge on any atom is -0.473 e. The topological polar surface area (TPSA) is 12.5 Å². The van der Waals surface area contributed by atoms with Crippen molar-refractivity contribution in [2.45, 2.75) is 20.4 Å². The first-order valence-electron chi connectivity index (χ1n) is 6.27. The van der Waals surface area contributed by atoms with Gasteiger partial charge in [-0.15, -0.1) is 0 Å². The largest absolute Gasteiger partial charge is 0.473 e. The van der Waals surface area contributed by atoms with E-state index < -0.39 is 0 Å². The Bertz CT molecular complexity index is 577. The summed E-state index contributed by atoms with van der Waals surface area (Å²) < 4.78 is 5.80. The lowest BCUT2D eigenvalue weighted by atomic mass is 10.1. The number of para-hydroxylation sites is 1. The Morgan fingerprint density at radius 3 is 2.72 bits per heavy atom. The zero-order valence-corrected chi connectivity index (χ0v) is 10.8. The number of rotatable bonds is 1. The second-order valence-corrected chi connectivity index (χ2v) is 4.87. The highest BCUT2D eigenvalue weighted by molar-refractivity contribution is 5.56. The van der Waals surface area contributed by atoms with Gasteiger partial charge in [0.1, 0.15) is 5.75 Å². The molecule has 0 unspecified atom stereocenters. The molecule has 1 heterocycles. The molecule has 18 heavy (non-hydrogen) atoms. The van der Waals surface area contributed by atoms with Gasteiger partial charge in [0.05, 0.1) is 0 Å². The van der Waals surface area contributed by atoms with Crippen molar-refractivity contribution in [1.29, 1.82) is 0 Å². The third kappa shape index (κ3) is 1.94. The van der Waals surface area contributed by atoms with Gasteiger partial charge >= 0.3 is 0 Å². The Morgan fingerprint density at radius 2 is 1.89 bits per heavy atom. The van der Waals surface area contributed by atoms with Crippen molar-refractivity contribution < 1.29 is 4.74 Å². The van der Waals surface area contributed by atoms with Crippen LogP contribution in [0.3, 0.4) is 0 Å². The highest BCUT2D eigenvalue weighted by Gasteiger charge is 2.18. The van der Waals surface area contributed by atoms with Gasteiger partial charge < -0.3 is 9.64 Å². The van der Waals surface area contributed by atoms with E-state index in [9.17, 15) is 0 Å². The summed E-state index contributed by atoms with van der Waals surface area (Å²) in [6.07, 6.45) is 0. The Hall–Kier alpha value is -1.96. The zero-order valence-electron chi connectivity index (χ0n) is 10.8. The molecule has 0 radical (unpaired) electrons. The van der Waals surface area contributed by atoms with Gasteiger partial charge in [0.15, 0.2) is 6.73 Å². The second-order valence-electron chi connectivity index (χ2n) is 4.87. The van der Waals surface area contributed by atoms with Crippen LogP contribution in [0.4, 0.5) is 5.69 Å². The third-order valence-corrected chi connectivity index (χ3v) is 3.40. The first kappa shape index (κ1) is 11.1. The van der Waals surface area contributed by atoms with E-state index in [1.54, 1.807) is 0 Å². The van der Waals surface area contributed by atoms with Crippen LogP contribution in [-0.2, 0) is 6.54 Å². The van der Waals surface area contributed by atoms with E-state index in [4.69, 9.17) is 4.74 Å². The fourth-order valence-electron chi connectivity index (χ4n) is 2.49. The molecular formula is C16H17NO. The van der Waals surface area contributed by atoms with Crippen LogP contribution in [0.1, 0.15) is 16.7 Å². The van der Waals surface area contributed by atoms with Crippen molar-refractivity contribution in [2.75, 3.05) is 11.6 Å². The lowest BCUT2D eigenvalue weighted by Gasteiger charge is -2.31. The van der Waals surface area contributed by atoms with Crippen molar-refractivity contribution >= 4 is 5.69 Å². The molecule has 2 aromatic rings. The first-order valence-corrected chi connectivity index (χ1v) is 6.27. The van der Waals surface area contributed by atoms with E-state index in [1.807, 2.05) is 12.1 Å². The van der Waals surface area contributed by atoms with Gasteiger partial charge in [0.2, 0.25) is 0 Å². The predicted octanol–water partition coefficient (Wildman–Crippen LogP) is 3.66. The van der Waals surface area contributed by atoms with Crippen LogP contribution >= 0.6 is 0 Å². The maximum atomic E-state index is 5.80. The monoisotopic (exact) mass is 239 g/mol. The quantitative estimate of drug-likeness (QED) is 0.753. The Labute approximate surface area is 108 Å². The van der Waals surface area contributed by atoms with Crippen molar-refractivity contribution in [1.82, 2.24) is 0 Å². The lowest BCUT2D eigenvalue weighted by Crippen LogP contribution is -2.32. The summed E-state index contributed by atoms with van der Waals surface area (Å²) in [6, 6.07) is 14.8. The Morgan fingerprint density at radius 1 is 1.06 bits per heavy atom. The summed E-state index contributed by atoms with van der Waals surface area (Å²) in [7, 11) is 0. The number of fused-ring (bicyclic) bond motifs is 1. The van der Waals surface area contributed by atoms with Crippen LogP contribution in [0, 0.1) is 13.8 Å². The molecule has 1 aliphatic heterocycles. The van der Waals surface area contributed by atoms with Crippen LogP contribution in [0.25, 0.3) is 0 Å². The first-order chi connectivity index (χ1) is 8.74. The van der Waals surface area contributed by atoms with Crippen molar-refractivity contribution in [3.05, 3.63) is 59.2 Å². The summed E-state index contributed by atoms with van der Waals surface area (Å²) in [5.41, 5.74) is 5.12. The van der Waals surface area contributed by atoms with Crippen LogP contribution < -0.4 is 9.64 Å². The van der Waals surface area contributed by atoms with E-state index in [0.717, 1.165) is 12.3 Å². The number of benzene rings is 2. The number of hydrogen-bond acceptors (Lipinski definition) is 2. The highest BCUT2D eigenvalue weighted by atomic mass is 16.5. The average Bonchev–Trinajstić information content (AvgIpc) is 2.38. The van der Waals surface area contributed by atoms with Crippen LogP contribution in [0.5, 0.6) is 5.75 Å². The fourth-order valence-corrected chi connectivity index (χ4v) is 2.49. The summed E-state index contributed by atoms with van der Waals surface area (Å²) >= 11 is 0. The molecule has 0 spiro atoms. The van der Waals surface area contributed by atoms with E-state index >= 15 is 0 Å². The molecule has 92 valence electrons. The van der Waals surface area contributed by atoms with Gasteiger partial charge in [0, 0.05) is 17.8 Å². The molecule has 0 N–H and O–H groups in total. The normalized spacial score (nSPS) is 14.0. The highest BCUT2D eigenvalue weighted by Crippen LogP contribution is 2.29. The minimum atomic E-state index is 0.626. The van der Waals surface area contributed by atoms with E-state index in [1.165, 1.54) is 22.4 Å². The molecule has 0 saturated heterocycles. The van der Waals surface area contributed by atoms with E-state index in [0.29, 0.717) is 6.73 Å². The smallest absolute Gasteiger partial charge is 0.161 e. The molecule has 1 aliphatic rings. The van der Waals surface area contributed by atoms with Gasteiger partial charge in [-0.2, -0.15) is 0 Å². The molecule has 0 amide bonds. The van der Waals surface area contributed by atoms with Gasteiger partial charge in [0.25, 0.3) is 0 Å². The number of ether oxygens (including phenoxy) is 1. The molecule has 0 bridgehead atoms. The molecule has 3 rings (SSSR count). The standard InChI is InChI=1S/C16H17NO/c1-12-7-8-15(13(2)9-12)17-10-14-5-3-4-6-16(14)18-11-17/h3-9H,10-11H2,1-2H3. The van der Waals surface area contributed by atoms with Gasteiger partial charge in [-0.05, 0) is 31.5 Å². The van der Waals surface area contributed by atoms with Crippen molar-refractivity contribution in [3.63, 3.8) is 0 Å². The van der Waals surface area contributed by atoms with E-state index in [2.05, 4.69) is 49.1 Å². The summed E-state index contributed by atoms with van der Waals surface area (Å²) in [5, 5.41) is 0. The maximum absolute atomic E-state index is 5.80. The Balaban J connectivity index is 1.92. The SMILES string of the molecule is Cc1ccc(N2COc3ccccc3C2)c(C)c1. The molecule has 0 aliphatic carbocycles. The average molecular weight is 239 g/mol. The number of aryl methyl sites for hydroxylation is 2. The summed E-state index contributed by atoms with van der Waals surface area (Å²) in [5.74, 6) is 1.01. The van der Waals surface area contributed by atoms with Crippen LogP contribution in [0.2, 0.25) is 0 Å². The third-order valence-electron chi connectivity index (χ3n) is 3.40. The number of nitrogens with zero attached hydrogens (tertiary/aromatic N) is 1. The van der Waals surface area contributed by atoms with Crippen molar-refractivity contribution in [2.24, 2.45) is 0 Å². The molecule has 2 heteroatoms.